The molecule has 1 saturated carbocycles. The Morgan fingerprint density at radius 1 is 1.62 bits per heavy atom. The van der Waals surface area contributed by atoms with Gasteiger partial charge in [0.2, 0.25) is 0 Å². The third-order valence-corrected chi connectivity index (χ3v) is 3.50. The van der Waals surface area contributed by atoms with Crippen LogP contribution in [0.2, 0.25) is 0 Å². The van der Waals surface area contributed by atoms with Gasteiger partial charge < -0.3 is 9.47 Å². The monoisotopic (exact) mass is 407 g/mol. The zero-order valence-corrected chi connectivity index (χ0v) is 12.7. The van der Waals surface area contributed by atoms with Crippen molar-refractivity contribution in [2.24, 2.45) is 11.8 Å². The molecule has 0 amide bonds. The molecule has 0 aromatic carbocycles. The molecule has 2 nitrogen and oxygen atoms in total. The predicted octanol–water partition coefficient (Wildman–Crippen LogP) is 2.00. The van der Waals surface area contributed by atoms with Gasteiger partial charge in [-0.05, 0) is 12.8 Å². The summed E-state index contributed by atoms with van der Waals surface area (Å²) in [5, 5.41) is 0. The van der Waals surface area contributed by atoms with Gasteiger partial charge in [0.05, 0.1) is 11.7 Å². The van der Waals surface area contributed by atoms with Crippen molar-refractivity contribution in [1.29, 1.82) is 0 Å². The van der Waals surface area contributed by atoms with Gasteiger partial charge in [0.1, 0.15) is 0 Å². The summed E-state index contributed by atoms with van der Waals surface area (Å²) in [4.78, 5) is 0. The standard InChI is InChI=1S/C10H17O2.U/c1-4-10-5-7(2)8(6-12-10)9(10)11-3;/h6-9H,4-5H2,1-3H3;/q-1;/t7-,8-,9-,10-;/m0./s1. The maximum Gasteiger partial charge on any atom is 0.0613 e. The molecule has 2 fully saturated rings. The number of hydrogen-bond acceptors (Lipinski definition) is 2. The first-order chi connectivity index (χ1) is 5.73. The van der Waals surface area contributed by atoms with Crippen LogP contribution in [0.3, 0.4) is 0 Å². The fourth-order valence-corrected chi connectivity index (χ4v) is 2.78. The van der Waals surface area contributed by atoms with E-state index in [0.717, 1.165) is 18.8 Å². The van der Waals surface area contributed by atoms with Crippen LogP contribution >= 0.6 is 0 Å². The van der Waals surface area contributed by atoms with Gasteiger partial charge in [-0.2, -0.15) is 0 Å². The molecule has 0 aromatic heterocycles. The minimum Gasteiger partial charge on any atom is -0.545 e. The van der Waals surface area contributed by atoms with Gasteiger partial charge in [-0.3, -0.25) is 0 Å². The summed E-state index contributed by atoms with van der Waals surface area (Å²) in [6.45, 7) is 6.46. The molecule has 74 valence electrons. The number of fused-ring (bicyclic) bond motifs is 2. The molecular formula is C10H17O2U-. The van der Waals surface area contributed by atoms with Crippen molar-refractivity contribution in [3.63, 3.8) is 0 Å². The van der Waals surface area contributed by atoms with Crippen LogP contribution in [0.15, 0.2) is 0 Å². The fourth-order valence-electron chi connectivity index (χ4n) is 2.78. The molecule has 1 heterocycles. The van der Waals surface area contributed by atoms with E-state index in [0.29, 0.717) is 12.0 Å². The van der Waals surface area contributed by atoms with Crippen molar-refractivity contribution < 1.29 is 40.6 Å². The maximum absolute atomic E-state index is 5.71. The Morgan fingerprint density at radius 3 is 2.69 bits per heavy atom. The molecule has 2 rings (SSSR count). The minimum atomic E-state index is 0. The van der Waals surface area contributed by atoms with Gasteiger partial charge >= 0.3 is 0 Å². The quantitative estimate of drug-likeness (QED) is 0.653. The molecule has 1 saturated heterocycles. The molecule has 3 heteroatoms. The fraction of sp³-hybridized carbons (Fsp3) is 0.900. The van der Waals surface area contributed by atoms with Gasteiger partial charge in [-0.25, -0.2) is 6.61 Å². The minimum absolute atomic E-state index is 0. The molecule has 1 aliphatic carbocycles. The Hall–Kier alpha value is 0.972. The van der Waals surface area contributed by atoms with E-state index in [9.17, 15) is 0 Å². The normalized spacial score (nSPS) is 47.8. The third kappa shape index (κ3) is 1.63. The maximum atomic E-state index is 5.71. The van der Waals surface area contributed by atoms with Crippen LogP contribution in [0, 0.1) is 49.6 Å². The summed E-state index contributed by atoms with van der Waals surface area (Å²) in [5.74, 6) is 1.25. The average Bonchev–Trinajstić information content (AvgIpc) is 2.56. The van der Waals surface area contributed by atoms with Crippen molar-refractivity contribution in [3.8, 4) is 0 Å². The van der Waals surface area contributed by atoms with Gasteiger partial charge in [0.15, 0.2) is 0 Å². The van der Waals surface area contributed by atoms with Crippen LogP contribution < -0.4 is 0 Å². The third-order valence-electron chi connectivity index (χ3n) is 3.50. The van der Waals surface area contributed by atoms with E-state index in [2.05, 4.69) is 13.8 Å². The second-order valence-corrected chi connectivity index (χ2v) is 4.09. The van der Waals surface area contributed by atoms with Crippen LogP contribution in [0.5, 0.6) is 0 Å². The Kier molecular flexibility index (Phi) is 3.92. The van der Waals surface area contributed by atoms with Crippen molar-refractivity contribution >= 4 is 0 Å². The molecule has 1 aliphatic heterocycles. The summed E-state index contributed by atoms with van der Waals surface area (Å²) in [6.07, 6.45) is 2.52. The van der Waals surface area contributed by atoms with E-state index in [1.54, 1.807) is 7.11 Å². The second-order valence-electron chi connectivity index (χ2n) is 4.09. The van der Waals surface area contributed by atoms with Crippen LogP contribution in [0.1, 0.15) is 26.7 Å². The Morgan fingerprint density at radius 2 is 2.31 bits per heavy atom. The molecule has 4 atom stereocenters. The summed E-state index contributed by atoms with van der Waals surface area (Å²) < 4.78 is 11.2. The van der Waals surface area contributed by atoms with Crippen LogP contribution in [0.25, 0.3) is 0 Å². The van der Waals surface area contributed by atoms with Gasteiger partial charge in [-0.1, -0.05) is 19.8 Å². The predicted molar refractivity (Wildman–Crippen MR) is 46.5 cm³/mol. The summed E-state index contributed by atoms with van der Waals surface area (Å²) >= 11 is 0. The van der Waals surface area contributed by atoms with Crippen LogP contribution in [-0.4, -0.2) is 18.8 Å². The molecule has 0 aromatic rings. The molecule has 0 spiro atoms. The molecule has 0 radical (unpaired) electrons. The first-order valence-corrected chi connectivity index (χ1v) is 4.77. The zero-order valence-electron chi connectivity index (χ0n) is 8.54. The Balaban J connectivity index is 0.000000845. The summed E-state index contributed by atoms with van der Waals surface area (Å²) in [5.41, 5.74) is 0.0127. The number of rotatable bonds is 2. The summed E-state index contributed by atoms with van der Waals surface area (Å²) in [7, 11) is 1.79. The van der Waals surface area contributed by atoms with E-state index >= 15 is 0 Å². The van der Waals surface area contributed by atoms with Crippen molar-refractivity contribution in [2.75, 3.05) is 7.11 Å². The Bertz CT molecular complexity index is 186. The molecule has 0 unspecified atom stereocenters. The number of methoxy groups -OCH3 is 1. The van der Waals surface area contributed by atoms with Crippen molar-refractivity contribution in [1.82, 2.24) is 0 Å². The largest absolute Gasteiger partial charge is 0.545 e. The molecule has 2 bridgehead atoms. The van der Waals surface area contributed by atoms with E-state index in [1.165, 1.54) is 0 Å². The zero-order chi connectivity index (χ0) is 8.77. The topological polar surface area (TPSA) is 18.5 Å². The summed E-state index contributed by atoms with van der Waals surface area (Å²) in [6, 6.07) is 0. The molecule has 0 N–H and O–H groups in total. The molecular weight excluding hydrogens is 390 g/mol. The van der Waals surface area contributed by atoms with Crippen molar-refractivity contribution in [3.05, 3.63) is 6.61 Å². The van der Waals surface area contributed by atoms with Gasteiger partial charge in [0, 0.05) is 38.2 Å². The van der Waals surface area contributed by atoms with E-state index in [4.69, 9.17) is 9.47 Å². The van der Waals surface area contributed by atoms with Crippen molar-refractivity contribution in [2.45, 2.75) is 38.4 Å². The molecule has 13 heavy (non-hydrogen) atoms. The first kappa shape index (κ1) is 12.0. The van der Waals surface area contributed by atoms with E-state index < -0.39 is 0 Å². The number of hydrogen-bond donors (Lipinski definition) is 0. The number of ether oxygens (including phenoxy) is 2. The van der Waals surface area contributed by atoms with Crippen LogP contribution in [0.4, 0.5) is 0 Å². The first-order valence-electron chi connectivity index (χ1n) is 4.77. The van der Waals surface area contributed by atoms with E-state index in [1.807, 2.05) is 6.61 Å². The second kappa shape index (κ2) is 4.23. The smallest absolute Gasteiger partial charge is 0.0613 e. The van der Waals surface area contributed by atoms with Crippen LogP contribution in [-0.2, 0) is 9.47 Å². The molecule has 2 aliphatic rings. The van der Waals surface area contributed by atoms with Gasteiger partial charge in [-0.15, -0.1) is 5.92 Å². The van der Waals surface area contributed by atoms with E-state index in [-0.39, 0.29) is 36.7 Å². The average molecular weight is 407 g/mol. The Labute approximate surface area is 104 Å². The van der Waals surface area contributed by atoms with Gasteiger partial charge in [0.25, 0.3) is 0 Å². The SMILES string of the molecule is CC[C@@]12C[C@H](C)[C@H]([CH-]O1)[C@@H]2OC.[U].